The fourth-order valence-corrected chi connectivity index (χ4v) is 1.89. The molecule has 0 saturated heterocycles. The van der Waals surface area contributed by atoms with E-state index in [4.69, 9.17) is 0 Å². The van der Waals surface area contributed by atoms with Gasteiger partial charge in [-0.25, -0.2) is 0 Å². The van der Waals surface area contributed by atoms with Crippen LogP contribution in [0.4, 0.5) is 0 Å². The Labute approximate surface area is 111 Å². The molecule has 0 spiro atoms. The second-order valence-corrected chi connectivity index (χ2v) is 4.97. The molecular weight excluding hydrogens is 280 g/mol. The number of carbonyl (C=O) groups excluding carboxylic acids is 1. The summed E-state index contributed by atoms with van der Waals surface area (Å²) in [6, 6.07) is 8.07. The Bertz CT molecular complexity index is 364. The van der Waals surface area contributed by atoms with Crippen molar-refractivity contribution in [1.29, 1.82) is 0 Å². The number of likely N-dealkylation sites (N-methyl/N-ethyl adjacent to an activating group) is 1. The van der Waals surface area contributed by atoms with Crippen molar-refractivity contribution in [3.8, 4) is 0 Å². The number of benzene rings is 1. The molecule has 2 N–H and O–H groups in total. The minimum atomic E-state index is -0.186. The predicted molar refractivity (Wildman–Crippen MR) is 73.8 cm³/mol. The molecule has 0 radical (unpaired) electrons. The van der Waals surface area contributed by atoms with Gasteiger partial charge in [0.2, 0.25) is 5.91 Å². The van der Waals surface area contributed by atoms with E-state index in [0.29, 0.717) is 6.54 Å². The number of hydrogen-bond donors (Lipinski definition) is 2. The van der Waals surface area contributed by atoms with Gasteiger partial charge in [0.05, 0.1) is 6.04 Å². The second-order valence-electron chi connectivity index (χ2n) is 4.06. The molecule has 0 aromatic heterocycles. The first kappa shape index (κ1) is 14.2. The Kier molecular flexibility index (Phi) is 5.65. The summed E-state index contributed by atoms with van der Waals surface area (Å²) < 4.78 is 1.06. The van der Waals surface area contributed by atoms with E-state index in [2.05, 4.69) is 33.5 Å². The third kappa shape index (κ3) is 4.48. The van der Waals surface area contributed by atoms with E-state index >= 15 is 0 Å². The van der Waals surface area contributed by atoms with Crippen LogP contribution in [0.15, 0.2) is 28.7 Å². The van der Waals surface area contributed by atoms with Crippen molar-refractivity contribution in [2.45, 2.75) is 32.9 Å². The molecular formula is C13H19BrN2O. The van der Waals surface area contributed by atoms with Gasteiger partial charge in [-0.15, -0.1) is 0 Å². The van der Waals surface area contributed by atoms with Crippen molar-refractivity contribution in [3.05, 3.63) is 34.3 Å². The molecule has 1 aromatic carbocycles. The van der Waals surface area contributed by atoms with Gasteiger partial charge in [-0.2, -0.15) is 0 Å². The van der Waals surface area contributed by atoms with Gasteiger partial charge in [0.15, 0.2) is 0 Å². The number of nitrogens with one attached hydrogen (secondary N) is 2. The largest absolute Gasteiger partial charge is 0.355 e. The molecule has 0 fully saturated rings. The van der Waals surface area contributed by atoms with E-state index < -0.39 is 0 Å². The maximum absolute atomic E-state index is 11.6. The van der Waals surface area contributed by atoms with Crippen molar-refractivity contribution >= 4 is 21.8 Å². The van der Waals surface area contributed by atoms with Crippen LogP contribution < -0.4 is 10.6 Å². The zero-order chi connectivity index (χ0) is 12.8. The minimum Gasteiger partial charge on any atom is -0.355 e. The van der Waals surface area contributed by atoms with Crippen LogP contribution in [0.3, 0.4) is 0 Å². The maximum atomic E-state index is 11.6. The Morgan fingerprint density at radius 1 is 1.29 bits per heavy atom. The molecule has 1 aromatic rings. The normalized spacial score (nSPS) is 14.1. The molecule has 0 heterocycles. The summed E-state index contributed by atoms with van der Waals surface area (Å²) >= 11 is 3.40. The standard InChI is InChI=1S/C13H19BrN2O/c1-4-15-13(17)10(3)16-9(2)11-5-7-12(14)8-6-11/h5-10,16H,4H2,1-3H3,(H,15,17)/t9-,10?/m1/s1. The van der Waals surface area contributed by atoms with Gasteiger partial charge in [-0.1, -0.05) is 28.1 Å². The summed E-state index contributed by atoms with van der Waals surface area (Å²) in [6.07, 6.45) is 0. The maximum Gasteiger partial charge on any atom is 0.236 e. The van der Waals surface area contributed by atoms with E-state index in [9.17, 15) is 4.79 Å². The minimum absolute atomic E-state index is 0.0384. The molecule has 2 atom stereocenters. The predicted octanol–water partition coefficient (Wildman–Crippen LogP) is 2.62. The van der Waals surface area contributed by atoms with Gasteiger partial charge in [0.1, 0.15) is 0 Å². The smallest absolute Gasteiger partial charge is 0.236 e. The van der Waals surface area contributed by atoms with Crippen LogP contribution in [0.5, 0.6) is 0 Å². The third-order valence-electron chi connectivity index (χ3n) is 2.61. The lowest BCUT2D eigenvalue weighted by Gasteiger charge is -2.19. The summed E-state index contributed by atoms with van der Waals surface area (Å²) in [4.78, 5) is 11.6. The first-order valence-corrected chi connectivity index (χ1v) is 6.63. The summed E-state index contributed by atoms with van der Waals surface area (Å²) in [5.74, 6) is 0.0384. The summed E-state index contributed by atoms with van der Waals surface area (Å²) in [5, 5.41) is 6.08. The van der Waals surface area contributed by atoms with E-state index in [1.165, 1.54) is 5.56 Å². The van der Waals surface area contributed by atoms with Crippen LogP contribution in [-0.4, -0.2) is 18.5 Å². The Hall–Kier alpha value is -0.870. The van der Waals surface area contributed by atoms with Crippen molar-refractivity contribution in [2.75, 3.05) is 6.54 Å². The molecule has 1 unspecified atom stereocenters. The summed E-state index contributed by atoms with van der Waals surface area (Å²) in [7, 11) is 0. The van der Waals surface area contributed by atoms with Gasteiger partial charge in [0.25, 0.3) is 0 Å². The molecule has 4 heteroatoms. The molecule has 0 saturated carbocycles. The highest BCUT2D eigenvalue weighted by Gasteiger charge is 2.15. The van der Waals surface area contributed by atoms with E-state index in [-0.39, 0.29) is 18.0 Å². The van der Waals surface area contributed by atoms with Crippen LogP contribution >= 0.6 is 15.9 Å². The molecule has 0 aliphatic heterocycles. The lowest BCUT2D eigenvalue weighted by Crippen LogP contribution is -2.42. The van der Waals surface area contributed by atoms with Gasteiger partial charge in [0, 0.05) is 17.1 Å². The van der Waals surface area contributed by atoms with Crippen molar-refractivity contribution < 1.29 is 4.79 Å². The molecule has 1 amide bonds. The van der Waals surface area contributed by atoms with Gasteiger partial charge in [-0.05, 0) is 38.5 Å². The average Bonchev–Trinajstić information content (AvgIpc) is 2.30. The summed E-state index contributed by atoms with van der Waals surface area (Å²) in [5.41, 5.74) is 1.17. The van der Waals surface area contributed by atoms with Crippen molar-refractivity contribution in [3.63, 3.8) is 0 Å². The van der Waals surface area contributed by atoms with Crippen LogP contribution in [0, 0.1) is 0 Å². The highest BCUT2D eigenvalue weighted by atomic mass is 79.9. The monoisotopic (exact) mass is 298 g/mol. The lowest BCUT2D eigenvalue weighted by molar-refractivity contribution is -0.122. The fourth-order valence-electron chi connectivity index (χ4n) is 1.63. The Balaban J connectivity index is 2.56. The lowest BCUT2D eigenvalue weighted by atomic mass is 10.1. The van der Waals surface area contributed by atoms with Gasteiger partial charge >= 0.3 is 0 Å². The molecule has 1 rings (SSSR count). The first-order valence-electron chi connectivity index (χ1n) is 5.83. The second kappa shape index (κ2) is 6.77. The van der Waals surface area contributed by atoms with E-state index in [0.717, 1.165) is 4.47 Å². The highest BCUT2D eigenvalue weighted by Crippen LogP contribution is 2.16. The molecule has 3 nitrogen and oxygen atoms in total. The SMILES string of the molecule is CCNC(=O)C(C)N[C@H](C)c1ccc(Br)cc1. The fraction of sp³-hybridized carbons (Fsp3) is 0.462. The van der Waals surface area contributed by atoms with Crippen LogP contribution in [0.25, 0.3) is 0 Å². The van der Waals surface area contributed by atoms with Gasteiger partial charge < -0.3 is 5.32 Å². The van der Waals surface area contributed by atoms with Crippen LogP contribution in [0.1, 0.15) is 32.4 Å². The number of hydrogen-bond acceptors (Lipinski definition) is 2. The van der Waals surface area contributed by atoms with Crippen LogP contribution in [0.2, 0.25) is 0 Å². The Morgan fingerprint density at radius 3 is 2.41 bits per heavy atom. The first-order chi connectivity index (χ1) is 8.04. The van der Waals surface area contributed by atoms with E-state index in [1.54, 1.807) is 0 Å². The molecule has 0 aliphatic rings. The van der Waals surface area contributed by atoms with Crippen molar-refractivity contribution in [2.24, 2.45) is 0 Å². The number of carbonyl (C=O) groups is 1. The molecule has 94 valence electrons. The number of halogens is 1. The Morgan fingerprint density at radius 2 is 1.88 bits per heavy atom. The van der Waals surface area contributed by atoms with Crippen LogP contribution in [-0.2, 0) is 4.79 Å². The van der Waals surface area contributed by atoms with Gasteiger partial charge in [-0.3, -0.25) is 10.1 Å². The quantitative estimate of drug-likeness (QED) is 0.877. The topological polar surface area (TPSA) is 41.1 Å². The van der Waals surface area contributed by atoms with Crippen molar-refractivity contribution in [1.82, 2.24) is 10.6 Å². The third-order valence-corrected chi connectivity index (χ3v) is 3.14. The molecule has 0 bridgehead atoms. The molecule has 0 aliphatic carbocycles. The summed E-state index contributed by atoms with van der Waals surface area (Å²) in [6.45, 7) is 6.51. The number of amides is 1. The average molecular weight is 299 g/mol. The van der Waals surface area contributed by atoms with E-state index in [1.807, 2.05) is 38.1 Å². The molecule has 17 heavy (non-hydrogen) atoms. The highest BCUT2D eigenvalue weighted by molar-refractivity contribution is 9.10. The number of rotatable bonds is 5. The zero-order valence-electron chi connectivity index (χ0n) is 10.5. The zero-order valence-corrected chi connectivity index (χ0v) is 12.0.